The average Bonchev–Trinajstić information content (AvgIpc) is 2.87. The van der Waals surface area contributed by atoms with Gasteiger partial charge >= 0.3 is 0 Å². The summed E-state index contributed by atoms with van der Waals surface area (Å²) in [5.74, 6) is 0. The lowest BCUT2D eigenvalue weighted by atomic mass is 9.98. The number of benzene rings is 4. The van der Waals surface area contributed by atoms with Gasteiger partial charge in [0.25, 0.3) is 0 Å². The van der Waals surface area contributed by atoms with Crippen LogP contribution >= 0.6 is 0 Å². The highest BCUT2D eigenvalue weighted by atomic mass is 32.2. The van der Waals surface area contributed by atoms with Crippen LogP contribution in [0.5, 0.6) is 0 Å². The Labute approximate surface area is 224 Å². The predicted molar refractivity (Wildman–Crippen MR) is 152 cm³/mol. The molecule has 0 aliphatic heterocycles. The van der Waals surface area contributed by atoms with E-state index < -0.39 is 20.6 Å². The van der Waals surface area contributed by atoms with Gasteiger partial charge in [-0.05, 0) is 147 Å². The monoisotopic (exact) mass is 530 g/mol. The zero-order valence-electron chi connectivity index (χ0n) is 22.4. The molecule has 0 amide bonds. The van der Waals surface area contributed by atoms with E-state index in [2.05, 4.69) is 13.8 Å². The molecule has 0 saturated carbocycles. The Morgan fingerprint density at radius 3 is 1.51 bits per heavy atom. The van der Waals surface area contributed by atoms with E-state index in [1.807, 2.05) is 82.3 Å². The molecule has 4 aromatic rings. The molecule has 0 saturated heterocycles. The summed E-state index contributed by atoms with van der Waals surface area (Å²) in [7, 11) is -4.86. The summed E-state index contributed by atoms with van der Waals surface area (Å²) < 4.78 is 40.0. The molecule has 3 nitrogen and oxygen atoms in total. The lowest BCUT2D eigenvalue weighted by molar-refractivity contribution is 0.595. The summed E-state index contributed by atoms with van der Waals surface area (Å²) in [5.41, 5.74) is 8.67. The number of hydrogen-bond donors (Lipinski definition) is 0. The summed E-state index contributed by atoms with van der Waals surface area (Å²) in [4.78, 5) is 2.23. The van der Waals surface area contributed by atoms with E-state index in [4.69, 9.17) is 0 Å². The molecule has 192 valence electrons. The standard InChI is InChI=1S/C32H34O3S2/c1-21-7-13-29(17-25(21)5)36(33)30-14-8-23(3)27(19-30)11-12-28-20-32(16-10-24(28)4)37(34,35)31-15-9-22(2)26(6)18-31/h7-10,13-20H,11-12H2,1-6H3. The van der Waals surface area contributed by atoms with Gasteiger partial charge in [-0.2, -0.15) is 0 Å². The van der Waals surface area contributed by atoms with Gasteiger partial charge < -0.3 is 0 Å². The smallest absolute Gasteiger partial charge is 0.206 e. The van der Waals surface area contributed by atoms with E-state index in [0.29, 0.717) is 16.2 Å². The Morgan fingerprint density at radius 2 is 0.946 bits per heavy atom. The SMILES string of the molecule is Cc1ccc(S(=O)c2ccc(C)c(CCc3cc(S(=O)(=O)c4ccc(C)c(C)c4)ccc3C)c2)cc1C. The van der Waals surface area contributed by atoms with Crippen molar-refractivity contribution in [1.29, 1.82) is 0 Å². The van der Waals surface area contributed by atoms with E-state index in [-0.39, 0.29) is 0 Å². The van der Waals surface area contributed by atoms with Crippen molar-refractivity contribution >= 4 is 20.6 Å². The van der Waals surface area contributed by atoms with Crippen LogP contribution in [0.3, 0.4) is 0 Å². The fraction of sp³-hybridized carbons (Fsp3) is 0.250. The number of rotatable bonds is 7. The summed E-state index contributed by atoms with van der Waals surface area (Å²) >= 11 is 0. The second kappa shape index (κ2) is 10.8. The van der Waals surface area contributed by atoms with Crippen LogP contribution in [0.1, 0.15) is 44.5 Å². The quantitative estimate of drug-likeness (QED) is 0.251. The summed E-state index contributed by atoms with van der Waals surface area (Å²) in [6, 6.07) is 22.6. The third-order valence-electron chi connectivity index (χ3n) is 7.31. The second-order valence-electron chi connectivity index (χ2n) is 9.94. The minimum absolute atomic E-state index is 0.317. The molecule has 4 aromatic carbocycles. The van der Waals surface area contributed by atoms with Gasteiger partial charge in [0, 0.05) is 9.79 Å². The van der Waals surface area contributed by atoms with E-state index in [1.54, 1.807) is 18.2 Å². The van der Waals surface area contributed by atoms with Crippen LogP contribution in [0.15, 0.2) is 92.4 Å². The van der Waals surface area contributed by atoms with Crippen molar-refractivity contribution in [2.45, 2.75) is 74.0 Å². The molecule has 5 heteroatoms. The highest BCUT2D eigenvalue weighted by Gasteiger charge is 2.19. The highest BCUT2D eigenvalue weighted by molar-refractivity contribution is 7.91. The van der Waals surface area contributed by atoms with Gasteiger partial charge in [-0.25, -0.2) is 12.6 Å². The Morgan fingerprint density at radius 1 is 0.514 bits per heavy atom. The first kappa shape index (κ1) is 27.0. The van der Waals surface area contributed by atoms with Crippen molar-refractivity contribution in [3.8, 4) is 0 Å². The predicted octanol–water partition coefficient (Wildman–Crippen LogP) is 7.32. The molecule has 0 bridgehead atoms. The van der Waals surface area contributed by atoms with E-state index >= 15 is 0 Å². The van der Waals surface area contributed by atoms with Crippen LogP contribution in [-0.2, 0) is 33.5 Å². The lowest BCUT2D eigenvalue weighted by Crippen LogP contribution is -2.05. The Balaban J connectivity index is 1.59. The third kappa shape index (κ3) is 5.78. The van der Waals surface area contributed by atoms with Gasteiger partial charge in [0.15, 0.2) is 0 Å². The van der Waals surface area contributed by atoms with Crippen molar-refractivity contribution < 1.29 is 12.6 Å². The maximum absolute atomic E-state index is 13.4. The van der Waals surface area contributed by atoms with E-state index in [1.165, 1.54) is 5.56 Å². The molecule has 1 atom stereocenters. The topological polar surface area (TPSA) is 51.2 Å². The molecule has 0 aliphatic carbocycles. The third-order valence-corrected chi connectivity index (χ3v) is 10.4. The molecule has 37 heavy (non-hydrogen) atoms. The van der Waals surface area contributed by atoms with Crippen molar-refractivity contribution in [3.05, 3.63) is 117 Å². The molecular formula is C32H34O3S2. The minimum Gasteiger partial charge on any atom is -0.249 e. The zero-order chi connectivity index (χ0) is 26.9. The molecule has 0 fully saturated rings. The second-order valence-corrected chi connectivity index (χ2v) is 13.4. The highest BCUT2D eigenvalue weighted by Crippen LogP contribution is 2.27. The van der Waals surface area contributed by atoms with Crippen molar-refractivity contribution in [1.82, 2.24) is 0 Å². The molecule has 4 rings (SSSR count). The Bertz CT molecular complexity index is 1620. The molecule has 1 unspecified atom stereocenters. The van der Waals surface area contributed by atoms with Gasteiger partial charge in [0.05, 0.1) is 20.6 Å². The van der Waals surface area contributed by atoms with Crippen LogP contribution in [0.2, 0.25) is 0 Å². The van der Waals surface area contributed by atoms with Crippen LogP contribution in [0, 0.1) is 41.5 Å². The molecule has 0 spiro atoms. The number of hydrogen-bond acceptors (Lipinski definition) is 3. The summed E-state index contributed by atoms with van der Waals surface area (Å²) in [6.45, 7) is 12.1. The maximum Gasteiger partial charge on any atom is 0.206 e. The molecule has 0 heterocycles. The van der Waals surface area contributed by atoms with Gasteiger partial charge in [0.1, 0.15) is 0 Å². The Kier molecular flexibility index (Phi) is 7.86. The molecule has 0 aromatic heterocycles. The molecule has 0 N–H and O–H groups in total. The molecular weight excluding hydrogens is 496 g/mol. The number of sulfone groups is 1. The normalized spacial score (nSPS) is 12.5. The fourth-order valence-electron chi connectivity index (χ4n) is 4.37. The maximum atomic E-state index is 13.4. The first-order chi connectivity index (χ1) is 17.5. The van der Waals surface area contributed by atoms with Crippen molar-refractivity contribution in [2.75, 3.05) is 0 Å². The van der Waals surface area contributed by atoms with Crippen LogP contribution < -0.4 is 0 Å². The Hall–Kier alpha value is -3.02. The van der Waals surface area contributed by atoms with Crippen molar-refractivity contribution in [3.63, 3.8) is 0 Å². The fourth-order valence-corrected chi connectivity index (χ4v) is 6.95. The van der Waals surface area contributed by atoms with E-state index in [0.717, 1.165) is 55.2 Å². The first-order valence-corrected chi connectivity index (χ1v) is 15.1. The summed E-state index contributed by atoms with van der Waals surface area (Å²) in [6.07, 6.45) is 1.43. The zero-order valence-corrected chi connectivity index (χ0v) is 24.0. The molecule has 0 aliphatic rings. The van der Waals surface area contributed by atoms with E-state index in [9.17, 15) is 12.6 Å². The van der Waals surface area contributed by atoms with Crippen LogP contribution in [-0.4, -0.2) is 12.6 Å². The number of aryl methyl sites for hydroxylation is 8. The van der Waals surface area contributed by atoms with Gasteiger partial charge in [-0.15, -0.1) is 0 Å². The van der Waals surface area contributed by atoms with Gasteiger partial charge in [0.2, 0.25) is 9.84 Å². The van der Waals surface area contributed by atoms with Gasteiger partial charge in [-0.1, -0.05) is 24.3 Å². The van der Waals surface area contributed by atoms with Gasteiger partial charge in [-0.3, -0.25) is 0 Å². The van der Waals surface area contributed by atoms with Crippen molar-refractivity contribution in [2.24, 2.45) is 0 Å². The first-order valence-electron chi connectivity index (χ1n) is 12.5. The van der Waals surface area contributed by atoms with Crippen LogP contribution in [0.4, 0.5) is 0 Å². The summed E-state index contributed by atoms with van der Waals surface area (Å²) in [5, 5.41) is 0. The molecule has 0 radical (unpaired) electrons. The average molecular weight is 531 g/mol. The largest absolute Gasteiger partial charge is 0.249 e. The van der Waals surface area contributed by atoms with Crippen LogP contribution in [0.25, 0.3) is 0 Å². The minimum atomic E-state index is -3.60. The lowest BCUT2D eigenvalue weighted by Gasteiger charge is -2.13.